The molecule has 0 spiro atoms. The van der Waals surface area contributed by atoms with Gasteiger partial charge in [-0.25, -0.2) is 0 Å². The third kappa shape index (κ3) is 2.80. The van der Waals surface area contributed by atoms with Crippen LogP contribution in [0.25, 0.3) is 12.2 Å². The van der Waals surface area contributed by atoms with Crippen LogP contribution in [0.1, 0.15) is 29.5 Å². The molecular formula is C27H29SiZr. The molecule has 3 unspecified atom stereocenters. The number of fused-ring (bicyclic) bond motifs is 2. The van der Waals surface area contributed by atoms with E-state index in [0.29, 0.717) is 7.25 Å². The summed E-state index contributed by atoms with van der Waals surface area (Å²) >= 11 is -3.46. The van der Waals surface area contributed by atoms with Gasteiger partial charge in [0.05, 0.1) is 0 Å². The van der Waals surface area contributed by atoms with Gasteiger partial charge in [-0.15, -0.1) is 0 Å². The zero-order chi connectivity index (χ0) is 20.1. The molecule has 29 heavy (non-hydrogen) atoms. The number of rotatable bonds is 4. The van der Waals surface area contributed by atoms with Crippen molar-refractivity contribution in [1.29, 1.82) is 0 Å². The predicted octanol–water partition coefficient (Wildman–Crippen LogP) is 6.57. The first-order valence-corrected chi connectivity index (χ1v) is 25.1. The van der Waals surface area contributed by atoms with Crippen molar-refractivity contribution in [3.63, 3.8) is 0 Å². The van der Waals surface area contributed by atoms with Crippen molar-refractivity contribution in [1.82, 2.24) is 0 Å². The first-order chi connectivity index (χ1) is 14.0. The van der Waals surface area contributed by atoms with Gasteiger partial charge in [-0.05, 0) is 0 Å². The fourth-order valence-electron chi connectivity index (χ4n) is 6.09. The van der Waals surface area contributed by atoms with Crippen LogP contribution in [-0.4, -0.2) is 5.92 Å². The van der Waals surface area contributed by atoms with Gasteiger partial charge < -0.3 is 0 Å². The minimum absolute atomic E-state index is 0.607. The second-order valence-corrected chi connectivity index (χ2v) is 45.6. The van der Waals surface area contributed by atoms with E-state index in [1.165, 1.54) is 11.1 Å². The molecule has 0 saturated heterocycles. The van der Waals surface area contributed by atoms with Gasteiger partial charge in [-0.3, -0.25) is 0 Å². The summed E-state index contributed by atoms with van der Waals surface area (Å²) in [7, 11) is 0. The molecule has 5 rings (SSSR count). The summed E-state index contributed by atoms with van der Waals surface area (Å²) in [5.74, 6) is -1.22. The minimum atomic E-state index is -3.46. The van der Waals surface area contributed by atoms with Gasteiger partial charge in [-0.1, -0.05) is 0 Å². The Morgan fingerprint density at radius 1 is 0.621 bits per heavy atom. The zero-order valence-corrected chi connectivity index (χ0v) is 21.2. The average Bonchev–Trinajstić information content (AvgIpc) is 3.39. The molecule has 0 amide bonds. The normalized spacial score (nSPS) is 22.0. The summed E-state index contributed by atoms with van der Waals surface area (Å²) in [6.07, 6.45) is 9.96. The Balaban J connectivity index is 1.75. The average molecular weight is 473 g/mol. The first kappa shape index (κ1) is 19.2. The van der Waals surface area contributed by atoms with Crippen LogP contribution in [0.3, 0.4) is 0 Å². The molecule has 2 aliphatic carbocycles. The standard InChI is InChI=1S/2C9H7.C7H9Si.2CH3.Zr/c2*1-2-5-9-7-3-6-8(9)4-1;1-8-7-5-3-2-4-6-7;;;/h2*1-7H;2-6,8H,1H3;2*1H3;. The van der Waals surface area contributed by atoms with Gasteiger partial charge in [-0.2, -0.15) is 0 Å². The Morgan fingerprint density at radius 3 is 1.59 bits per heavy atom. The van der Waals surface area contributed by atoms with Crippen molar-refractivity contribution in [3.05, 3.63) is 113 Å². The van der Waals surface area contributed by atoms with Crippen LogP contribution in [0.5, 0.6) is 0 Å². The fraction of sp³-hybridized carbons (Fsp3) is 0.185. The van der Waals surface area contributed by atoms with Gasteiger partial charge in [0.25, 0.3) is 0 Å². The molecule has 3 aromatic rings. The summed E-state index contributed by atoms with van der Waals surface area (Å²) in [6.45, 7) is 2.66. The van der Waals surface area contributed by atoms with E-state index in [1.807, 2.05) is 0 Å². The monoisotopic (exact) mass is 471 g/mol. The molecular weight excluding hydrogens is 444 g/mol. The molecule has 3 atom stereocenters. The second-order valence-electron chi connectivity index (χ2n) is 9.80. The Labute approximate surface area is 176 Å². The predicted molar refractivity (Wildman–Crippen MR) is 127 cm³/mol. The molecule has 0 nitrogen and oxygen atoms in total. The SMILES string of the molecule is C[SiH](c1ccccc1)[Zr]([CH3])([CH3])([CH]1C=Cc2ccccc21)[CH]1C=Cc2ccccc21. The molecule has 0 fully saturated rings. The molecule has 0 heterocycles. The molecule has 0 bridgehead atoms. The molecule has 0 saturated carbocycles. The van der Waals surface area contributed by atoms with E-state index < -0.39 is 23.9 Å². The number of hydrogen-bond acceptors (Lipinski definition) is 0. The molecule has 145 valence electrons. The van der Waals surface area contributed by atoms with Gasteiger partial charge in [0, 0.05) is 0 Å². The fourth-order valence-corrected chi connectivity index (χ4v) is 40.1. The maximum atomic E-state index is 2.79. The molecule has 0 N–H and O–H groups in total. The van der Waals surface area contributed by atoms with Gasteiger partial charge >= 0.3 is 178 Å². The van der Waals surface area contributed by atoms with Crippen molar-refractivity contribution in [2.24, 2.45) is 0 Å². The third-order valence-electron chi connectivity index (χ3n) is 8.23. The van der Waals surface area contributed by atoms with E-state index in [-0.39, 0.29) is 0 Å². The van der Waals surface area contributed by atoms with Crippen molar-refractivity contribution in [2.75, 3.05) is 0 Å². The second kappa shape index (κ2) is 6.89. The number of allylic oxidation sites excluding steroid dienone is 2. The van der Waals surface area contributed by atoms with E-state index in [0.717, 1.165) is 0 Å². The van der Waals surface area contributed by atoms with E-state index in [4.69, 9.17) is 0 Å². The van der Waals surface area contributed by atoms with E-state index in [9.17, 15) is 0 Å². The summed E-state index contributed by atoms with van der Waals surface area (Å²) in [5, 5.41) is 1.64. The van der Waals surface area contributed by atoms with E-state index in [2.05, 4.69) is 119 Å². The first-order valence-electron chi connectivity index (χ1n) is 10.8. The zero-order valence-electron chi connectivity index (χ0n) is 17.5. The van der Waals surface area contributed by atoms with Crippen LogP contribution in [-0.2, 0) is 17.9 Å². The topological polar surface area (TPSA) is 0 Å². The summed E-state index contributed by atoms with van der Waals surface area (Å²) < 4.78 is 6.80. The maximum absolute atomic E-state index is 3.46. The molecule has 2 heteroatoms. The Hall–Kier alpha value is -1.76. The Morgan fingerprint density at radius 2 is 1.07 bits per heavy atom. The number of hydrogen-bond donors (Lipinski definition) is 0. The third-order valence-corrected chi connectivity index (χ3v) is 51.3. The van der Waals surface area contributed by atoms with Crippen LogP contribution >= 0.6 is 0 Å². The molecule has 0 aliphatic heterocycles. The summed E-state index contributed by atoms with van der Waals surface area (Å²) in [5.41, 5.74) is 6.03. The van der Waals surface area contributed by atoms with Gasteiger partial charge in [0.15, 0.2) is 0 Å². The molecule has 0 radical (unpaired) electrons. The van der Waals surface area contributed by atoms with Crippen molar-refractivity contribution >= 4 is 23.3 Å². The van der Waals surface area contributed by atoms with Gasteiger partial charge in [0.1, 0.15) is 0 Å². The molecule has 2 aliphatic rings. The van der Waals surface area contributed by atoms with Crippen LogP contribution in [0, 0.1) is 0 Å². The van der Waals surface area contributed by atoms with Crippen LogP contribution in [0.2, 0.25) is 15.8 Å². The summed E-state index contributed by atoms with van der Waals surface area (Å²) in [4.78, 5) is 0. The van der Waals surface area contributed by atoms with Crippen LogP contribution in [0.15, 0.2) is 91.0 Å². The Kier molecular flexibility index (Phi) is 4.57. The van der Waals surface area contributed by atoms with Gasteiger partial charge in [0.2, 0.25) is 0 Å². The number of benzene rings is 3. The van der Waals surface area contributed by atoms with Crippen molar-refractivity contribution < 1.29 is 17.9 Å². The van der Waals surface area contributed by atoms with E-state index in [1.54, 1.807) is 16.3 Å². The summed E-state index contributed by atoms with van der Waals surface area (Å²) in [6, 6.07) is 29.7. The molecule has 3 aromatic carbocycles. The quantitative estimate of drug-likeness (QED) is 0.377. The van der Waals surface area contributed by atoms with E-state index >= 15 is 0 Å². The van der Waals surface area contributed by atoms with Crippen LogP contribution < -0.4 is 5.19 Å². The van der Waals surface area contributed by atoms with Crippen molar-refractivity contribution in [2.45, 2.75) is 23.1 Å². The van der Waals surface area contributed by atoms with Crippen molar-refractivity contribution in [3.8, 4) is 0 Å². The van der Waals surface area contributed by atoms with Crippen LogP contribution in [0.4, 0.5) is 0 Å². The Bertz CT molecular complexity index is 1060. The molecule has 0 aromatic heterocycles.